The molecule has 2 N–H and O–H groups in total. The zero-order chi connectivity index (χ0) is 23.6. The smallest absolute Gasteiger partial charge is 0.288 e. The van der Waals surface area contributed by atoms with E-state index < -0.39 is 10.8 Å². The van der Waals surface area contributed by atoms with E-state index in [9.17, 15) is 19.7 Å². The molecule has 0 saturated carbocycles. The number of hydrazone groups is 1. The van der Waals surface area contributed by atoms with Crippen LogP contribution in [0.15, 0.2) is 77.9 Å². The Balaban J connectivity index is 1.46. The second-order valence-electron chi connectivity index (χ2n) is 6.74. The number of nitro benzene ring substituents is 1. The van der Waals surface area contributed by atoms with Gasteiger partial charge in [-0.15, -0.1) is 0 Å². The largest absolute Gasteiger partial charge is 0.484 e. The van der Waals surface area contributed by atoms with Gasteiger partial charge in [0, 0.05) is 18.2 Å². The molecule has 0 radical (unpaired) electrons. The molecule has 0 fully saturated rings. The molecule has 3 aromatic rings. The maximum Gasteiger partial charge on any atom is 0.288 e. The van der Waals surface area contributed by atoms with E-state index in [1.165, 1.54) is 18.3 Å². The molecule has 9 nitrogen and oxygen atoms in total. The molecule has 0 spiro atoms. The van der Waals surface area contributed by atoms with Crippen molar-refractivity contribution in [3.63, 3.8) is 0 Å². The van der Waals surface area contributed by atoms with Gasteiger partial charge in [-0.1, -0.05) is 41.9 Å². The van der Waals surface area contributed by atoms with Crippen LogP contribution in [0.25, 0.3) is 0 Å². The number of halogens is 1. The van der Waals surface area contributed by atoms with Crippen LogP contribution >= 0.6 is 11.6 Å². The highest BCUT2D eigenvalue weighted by Crippen LogP contribution is 2.25. The summed E-state index contributed by atoms with van der Waals surface area (Å²) < 4.78 is 5.46. The van der Waals surface area contributed by atoms with Crippen molar-refractivity contribution in [1.29, 1.82) is 0 Å². The number of carbonyl (C=O) groups excluding carboxylic acids is 2. The molecule has 0 unspecified atom stereocenters. The number of nitrogens with one attached hydrogen (secondary N) is 2. The van der Waals surface area contributed by atoms with Gasteiger partial charge in [0.05, 0.1) is 11.1 Å². The van der Waals surface area contributed by atoms with Gasteiger partial charge in [-0.2, -0.15) is 5.10 Å². The average Bonchev–Trinajstić information content (AvgIpc) is 2.83. The number of carbonyl (C=O) groups is 2. The Labute approximate surface area is 194 Å². The lowest BCUT2D eigenvalue weighted by Gasteiger charge is -2.08. The SMILES string of the molecule is O=C(COc1ccc(/C=N\NC(=O)c2ccc(Cl)c([N+](=O)[O-])c2)cc1)NCc1ccccc1. The Morgan fingerprint density at radius 3 is 2.48 bits per heavy atom. The van der Waals surface area contributed by atoms with Gasteiger partial charge >= 0.3 is 0 Å². The van der Waals surface area contributed by atoms with E-state index in [1.54, 1.807) is 24.3 Å². The summed E-state index contributed by atoms with van der Waals surface area (Å²) in [5, 5.41) is 17.5. The number of rotatable bonds is 9. The van der Waals surface area contributed by atoms with Crippen molar-refractivity contribution in [2.75, 3.05) is 6.61 Å². The number of hydrogen-bond donors (Lipinski definition) is 2. The normalized spacial score (nSPS) is 10.6. The number of benzene rings is 3. The van der Waals surface area contributed by atoms with E-state index >= 15 is 0 Å². The van der Waals surface area contributed by atoms with Crippen LogP contribution in [0.3, 0.4) is 0 Å². The van der Waals surface area contributed by atoms with E-state index in [1.807, 2.05) is 30.3 Å². The van der Waals surface area contributed by atoms with Crippen molar-refractivity contribution in [2.45, 2.75) is 6.54 Å². The van der Waals surface area contributed by atoms with Crippen molar-refractivity contribution in [3.05, 3.63) is 105 Å². The van der Waals surface area contributed by atoms with Gasteiger partial charge in [-0.05, 0) is 47.5 Å². The zero-order valence-corrected chi connectivity index (χ0v) is 18.0. The molecule has 0 atom stereocenters. The van der Waals surface area contributed by atoms with Gasteiger partial charge < -0.3 is 10.1 Å². The van der Waals surface area contributed by atoms with Crippen LogP contribution < -0.4 is 15.5 Å². The van der Waals surface area contributed by atoms with Gasteiger partial charge in [0.2, 0.25) is 0 Å². The van der Waals surface area contributed by atoms with Crippen LogP contribution in [0.1, 0.15) is 21.5 Å². The van der Waals surface area contributed by atoms with Gasteiger partial charge in [-0.3, -0.25) is 19.7 Å². The second-order valence-corrected chi connectivity index (χ2v) is 7.15. The zero-order valence-electron chi connectivity index (χ0n) is 17.2. The summed E-state index contributed by atoms with van der Waals surface area (Å²) in [6, 6.07) is 20.0. The second kappa shape index (κ2) is 11.4. The fourth-order valence-corrected chi connectivity index (χ4v) is 2.86. The third-order valence-corrected chi connectivity index (χ3v) is 4.69. The lowest BCUT2D eigenvalue weighted by molar-refractivity contribution is -0.384. The number of ether oxygens (including phenoxy) is 1. The maximum atomic E-state index is 12.1. The van der Waals surface area contributed by atoms with Gasteiger partial charge in [0.15, 0.2) is 6.61 Å². The summed E-state index contributed by atoms with van der Waals surface area (Å²) in [5.41, 5.74) is 3.65. The minimum atomic E-state index is -0.668. The minimum Gasteiger partial charge on any atom is -0.484 e. The highest BCUT2D eigenvalue weighted by atomic mass is 35.5. The fraction of sp³-hybridized carbons (Fsp3) is 0.0870. The highest BCUT2D eigenvalue weighted by molar-refractivity contribution is 6.32. The Bertz CT molecular complexity index is 1170. The molecule has 0 aliphatic heterocycles. The Kier molecular flexibility index (Phi) is 8.09. The topological polar surface area (TPSA) is 123 Å². The first-order valence-corrected chi connectivity index (χ1v) is 10.1. The predicted octanol–water partition coefficient (Wildman–Crippen LogP) is 3.71. The number of nitro groups is 1. The van der Waals surface area contributed by atoms with Crippen LogP contribution in [0, 0.1) is 10.1 Å². The molecular formula is C23H19ClN4O5. The van der Waals surface area contributed by atoms with Crippen molar-refractivity contribution in [2.24, 2.45) is 5.10 Å². The molecule has 0 bridgehead atoms. The number of hydrogen-bond acceptors (Lipinski definition) is 6. The molecular weight excluding hydrogens is 448 g/mol. The summed E-state index contributed by atoms with van der Waals surface area (Å²) in [6.07, 6.45) is 1.40. The first-order chi connectivity index (χ1) is 15.9. The molecule has 10 heteroatoms. The first-order valence-electron chi connectivity index (χ1n) is 9.73. The van der Waals surface area contributed by atoms with Crippen LogP contribution in [0.5, 0.6) is 5.75 Å². The molecule has 0 aromatic heterocycles. The first kappa shape index (κ1) is 23.4. The number of amides is 2. The van der Waals surface area contributed by atoms with Crippen molar-refractivity contribution < 1.29 is 19.2 Å². The van der Waals surface area contributed by atoms with E-state index in [2.05, 4.69) is 15.8 Å². The standard InChI is InChI=1S/C23H19ClN4O5/c24-20-11-8-18(12-21(20)28(31)32)23(30)27-26-14-17-6-9-19(10-7-17)33-15-22(29)25-13-16-4-2-1-3-5-16/h1-12,14H,13,15H2,(H,25,29)(H,27,30)/b26-14-. The van der Waals surface area contributed by atoms with Crippen LogP contribution in [0.2, 0.25) is 5.02 Å². The van der Waals surface area contributed by atoms with Crippen LogP contribution in [0.4, 0.5) is 5.69 Å². The fourth-order valence-electron chi connectivity index (χ4n) is 2.67. The molecule has 2 amide bonds. The molecule has 33 heavy (non-hydrogen) atoms. The lowest BCUT2D eigenvalue weighted by atomic mass is 10.2. The molecule has 0 aliphatic rings. The lowest BCUT2D eigenvalue weighted by Crippen LogP contribution is -2.28. The Hall–Kier alpha value is -4.24. The summed E-state index contributed by atoms with van der Waals surface area (Å²) in [4.78, 5) is 34.3. The summed E-state index contributed by atoms with van der Waals surface area (Å²) in [6.45, 7) is 0.303. The summed E-state index contributed by atoms with van der Waals surface area (Å²) >= 11 is 5.74. The third-order valence-electron chi connectivity index (χ3n) is 4.37. The number of nitrogens with zero attached hydrogens (tertiary/aromatic N) is 2. The molecule has 0 saturated heterocycles. The average molecular weight is 467 g/mol. The molecule has 168 valence electrons. The van der Waals surface area contributed by atoms with E-state index in [0.29, 0.717) is 17.9 Å². The molecule has 0 heterocycles. The van der Waals surface area contributed by atoms with Gasteiger partial charge in [0.25, 0.3) is 17.5 Å². The predicted molar refractivity (Wildman–Crippen MR) is 123 cm³/mol. The maximum absolute atomic E-state index is 12.1. The van der Waals surface area contributed by atoms with Crippen molar-refractivity contribution >= 4 is 35.3 Å². The van der Waals surface area contributed by atoms with Crippen molar-refractivity contribution in [3.8, 4) is 5.75 Å². The highest BCUT2D eigenvalue weighted by Gasteiger charge is 2.15. The summed E-state index contributed by atoms with van der Waals surface area (Å²) in [7, 11) is 0. The molecule has 0 aliphatic carbocycles. The van der Waals surface area contributed by atoms with E-state index in [0.717, 1.165) is 11.6 Å². The van der Waals surface area contributed by atoms with Gasteiger partial charge in [-0.25, -0.2) is 5.43 Å². The third kappa shape index (κ3) is 7.15. The molecule has 3 rings (SSSR count). The monoisotopic (exact) mass is 466 g/mol. The van der Waals surface area contributed by atoms with Gasteiger partial charge in [0.1, 0.15) is 10.8 Å². The molecule has 3 aromatic carbocycles. The quantitative estimate of drug-likeness (QED) is 0.283. The minimum absolute atomic E-state index is 0.0533. The van der Waals surface area contributed by atoms with Crippen molar-refractivity contribution in [1.82, 2.24) is 10.7 Å². The Morgan fingerprint density at radius 1 is 1.06 bits per heavy atom. The van der Waals surface area contributed by atoms with Crippen LogP contribution in [-0.2, 0) is 11.3 Å². The van der Waals surface area contributed by atoms with E-state index in [4.69, 9.17) is 16.3 Å². The van der Waals surface area contributed by atoms with E-state index in [-0.39, 0.29) is 28.8 Å². The summed E-state index contributed by atoms with van der Waals surface area (Å²) in [5.74, 6) is -0.360. The van der Waals surface area contributed by atoms with Crippen LogP contribution in [-0.4, -0.2) is 29.6 Å². The Morgan fingerprint density at radius 2 is 1.79 bits per heavy atom.